The first-order chi connectivity index (χ1) is 9.35. The third-order valence-electron chi connectivity index (χ3n) is 3.50. The molecule has 6 nitrogen and oxygen atoms in total. The summed E-state index contributed by atoms with van der Waals surface area (Å²) in [5, 5.41) is 7.52. The second-order valence-electron chi connectivity index (χ2n) is 4.85. The Bertz CT molecular complexity index is 363. The third kappa shape index (κ3) is 3.99. The van der Waals surface area contributed by atoms with Crippen LogP contribution in [0.4, 0.5) is 0 Å². The molecule has 2 rings (SSSR count). The maximum Gasteiger partial charge on any atom is 0.226 e. The van der Waals surface area contributed by atoms with Crippen molar-refractivity contribution in [3.05, 3.63) is 11.7 Å². The van der Waals surface area contributed by atoms with Gasteiger partial charge in [0.2, 0.25) is 5.89 Å². The maximum atomic E-state index is 5.33. The molecule has 0 spiro atoms. The fourth-order valence-electron chi connectivity index (χ4n) is 2.47. The Hall–Kier alpha value is -0.980. The van der Waals surface area contributed by atoms with E-state index < -0.39 is 0 Å². The monoisotopic (exact) mass is 268 g/mol. The van der Waals surface area contributed by atoms with Gasteiger partial charge in [-0.1, -0.05) is 12.1 Å². The average molecular weight is 268 g/mol. The molecule has 2 heterocycles. The smallest absolute Gasteiger partial charge is 0.226 e. The van der Waals surface area contributed by atoms with Crippen molar-refractivity contribution in [2.75, 3.05) is 39.9 Å². The summed E-state index contributed by atoms with van der Waals surface area (Å²) in [5.74, 6) is 1.55. The van der Waals surface area contributed by atoms with E-state index in [1.54, 1.807) is 7.11 Å². The van der Waals surface area contributed by atoms with E-state index in [2.05, 4.69) is 27.3 Å². The van der Waals surface area contributed by atoms with Gasteiger partial charge in [0.05, 0.1) is 6.04 Å². The summed E-state index contributed by atoms with van der Waals surface area (Å²) >= 11 is 0. The van der Waals surface area contributed by atoms with Gasteiger partial charge in [0.1, 0.15) is 0 Å². The minimum absolute atomic E-state index is 0.280. The summed E-state index contributed by atoms with van der Waals surface area (Å²) < 4.78 is 10.4. The lowest BCUT2D eigenvalue weighted by Gasteiger charge is -2.32. The number of hydrogen-bond acceptors (Lipinski definition) is 6. The topological polar surface area (TPSA) is 63.4 Å². The van der Waals surface area contributed by atoms with Crippen molar-refractivity contribution in [3.63, 3.8) is 0 Å². The van der Waals surface area contributed by atoms with Gasteiger partial charge in [0, 0.05) is 46.3 Å². The summed E-state index contributed by atoms with van der Waals surface area (Å²) in [7, 11) is 1.71. The Morgan fingerprint density at radius 2 is 2.21 bits per heavy atom. The van der Waals surface area contributed by atoms with Crippen LogP contribution in [0, 0.1) is 0 Å². The Morgan fingerprint density at radius 1 is 1.42 bits per heavy atom. The van der Waals surface area contributed by atoms with Crippen molar-refractivity contribution in [2.24, 2.45) is 0 Å². The lowest BCUT2D eigenvalue weighted by Crippen LogP contribution is -2.45. The van der Waals surface area contributed by atoms with Crippen molar-refractivity contribution in [1.29, 1.82) is 0 Å². The van der Waals surface area contributed by atoms with Crippen molar-refractivity contribution in [2.45, 2.75) is 32.2 Å². The van der Waals surface area contributed by atoms with Crippen LogP contribution < -0.4 is 5.32 Å². The van der Waals surface area contributed by atoms with Gasteiger partial charge in [-0.3, -0.25) is 4.90 Å². The van der Waals surface area contributed by atoms with E-state index in [1.165, 1.54) is 0 Å². The van der Waals surface area contributed by atoms with E-state index in [9.17, 15) is 0 Å². The van der Waals surface area contributed by atoms with Gasteiger partial charge in [-0.25, -0.2) is 0 Å². The molecule has 1 aliphatic heterocycles. The summed E-state index contributed by atoms with van der Waals surface area (Å²) in [5.41, 5.74) is 0. The van der Waals surface area contributed by atoms with Crippen LogP contribution in [-0.2, 0) is 11.2 Å². The molecule has 1 atom stereocenters. The summed E-state index contributed by atoms with van der Waals surface area (Å²) in [6.45, 7) is 7.07. The molecule has 0 aromatic carbocycles. The van der Waals surface area contributed by atoms with E-state index in [0.717, 1.165) is 63.8 Å². The van der Waals surface area contributed by atoms with E-state index in [-0.39, 0.29) is 6.04 Å². The van der Waals surface area contributed by atoms with Crippen LogP contribution in [0.15, 0.2) is 4.52 Å². The van der Waals surface area contributed by atoms with E-state index in [0.29, 0.717) is 0 Å². The molecule has 0 radical (unpaired) electrons. The molecular weight excluding hydrogens is 244 g/mol. The molecule has 1 saturated heterocycles. The summed E-state index contributed by atoms with van der Waals surface area (Å²) in [6, 6.07) is 0.280. The highest BCUT2D eigenvalue weighted by Gasteiger charge is 2.24. The van der Waals surface area contributed by atoms with Crippen LogP contribution >= 0.6 is 0 Å². The number of hydrogen-bond donors (Lipinski definition) is 1. The normalized spacial score (nSPS) is 18.6. The number of nitrogens with one attached hydrogen (secondary N) is 1. The molecule has 0 bridgehead atoms. The van der Waals surface area contributed by atoms with E-state index in [1.807, 2.05) is 0 Å². The van der Waals surface area contributed by atoms with Crippen molar-refractivity contribution in [3.8, 4) is 0 Å². The number of aryl methyl sites for hydroxylation is 1. The average Bonchev–Trinajstić information content (AvgIpc) is 2.90. The SMILES string of the molecule is CCC(c1noc(CCCOC)n1)N1CCNCC1. The fourth-order valence-corrected chi connectivity index (χ4v) is 2.47. The molecule has 0 amide bonds. The number of piperazine rings is 1. The highest BCUT2D eigenvalue weighted by Crippen LogP contribution is 2.22. The molecule has 1 aromatic heterocycles. The van der Waals surface area contributed by atoms with Gasteiger partial charge in [0.15, 0.2) is 5.82 Å². The van der Waals surface area contributed by atoms with Gasteiger partial charge in [-0.15, -0.1) is 0 Å². The van der Waals surface area contributed by atoms with Crippen molar-refractivity contribution >= 4 is 0 Å². The minimum atomic E-state index is 0.280. The largest absolute Gasteiger partial charge is 0.385 e. The number of ether oxygens (including phenoxy) is 1. The number of aromatic nitrogens is 2. The Morgan fingerprint density at radius 3 is 2.89 bits per heavy atom. The molecule has 6 heteroatoms. The van der Waals surface area contributed by atoms with Crippen LogP contribution in [0.2, 0.25) is 0 Å². The van der Waals surface area contributed by atoms with Crippen LogP contribution in [0.3, 0.4) is 0 Å². The summed E-state index contributed by atoms with van der Waals surface area (Å²) in [4.78, 5) is 6.96. The number of rotatable bonds is 7. The maximum absolute atomic E-state index is 5.33. The summed E-state index contributed by atoms with van der Waals surface area (Å²) in [6.07, 6.45) is 2.72. The molecule has 19 heavy (non-hydrogen) atoms. The Kier molecular flexibility index (Phi) is 5.75. The van der Waals surface area contributed by atoms with Gasteiger partial charge in [-0.2, -0.15) is 4.98 Å². The van der Waals surface area contributed by atoms with Gasteiger partial charge in [0.25, 0.3) is 0 Å². The van der Waals surface area contributed by atoms with Crippen LogP contribution in [0.1, 0.15) is 37.5 Å². The van der Waals surface area contributed by atoms with Crippen molar-refractivity contribution in [1.82, 2.24) is 20.4 Å². The molecule has 1 unspecified atom stereocenters. The lowest BCUT2D eigenvalue weighted by atomic mass is 10.1. The van der Waals surface area contributed by atoms with Crippen LogP contribution in [0.25, 0.3) is 0 Å². The molecule has 1 N–H and O–H groups in total. The first kappa shape index (κ1) is 14.4. The Labute approximate surface area is 114 Å². The molecule has 0 saturated carbocycles. The van der Waals surface area contributed by atoms with Gasteiger partial charge < -0.3 is 14.6 Å². The highest BCUT2D eigenvalue weighted by atomic mass is 16.5. The first-order valence-corrected chi connectivity index (χ1v) is 7.11. The predicted molar refractivity (Wildman–Crippen MR) is 72.0 cm³/mol. The Balaban J connectivity index is 1.94. The van der Waals surface area contributed by atoms with E-state index >= 15 is 0 Å². The van der Waals surface area contributed by atoms with Gasteiger partial charge in [-0.05, 0) is 12.8 Å². The van der Waals surface area contributed by atoms with E-state index in [4.69, 9.17) is 9.26 Å². The zero-order valence-electron chi connectivity index (χ0n) is 11.9. The standard InChI is InChI=1S/C13H24N4O2/c1-3-11(17-8-6-14-7-9-17)13-15-12(19-16-13)5-4-10-18-2/h11,14H,3-10H2,1-2H3. The second kappa shape index (κ2) is 7.57. The molecule has 1 aromatic rings. The van der Waals surface area contributed by atoms with Gasteiger partial charge >= 0.3 is 0 Å². The number of nitrogens with zero attached hydrogens (tertiary/aromatic N) is 3. The molecular formula is C13H24N4O2. The fraction of sp³-hybridized carbons (Fsp3) is 0.846. The number of methoxy groups -OCH3 is 1. The molecule has 0 aliphatic carbocycles. The second-order valence-corrected chi connectivity index (χ2v) is 4.85. The predicted octanol–water partition coefficient (Wildman–Crippen LogP) is 1.00. The highest BCUT2D eigenvalue weighted by molar-refractivity contribution is 4.96. The molecule has 108 valence electrons. The van der Waals surface area contributed by atoms with Crippen LogP contribution in [0.5, 0.6) is 0 Å². The van der Waals surface area contributed by atoms with Crippen LogP contribution in [-0.4, -0.2) is 54.9 Å². The lowest BCUT2D eigenvalue weighted by molar-refractivity contribution is 0.160. The molecule has 1 aliphatic rings. The zero-order chi connectivity index (χ0) is 13.5. The molecule has 1 fully saturated rings. The zero-order valence-corrected chi connectivity index (χ0v) is 11.9. The first-order valence-electron chi connectivity index (χ1n) is 7.11. The minimum Gasteiger partial charge on any atom is -0.385 e. The van der Waals surface area contributed by atoms with Crippen molar-refractivity contribution < 1.29 is 9.26 Å². The third-order valence-corrected chi connectivity index (χ3v) is 3.50. The quantitative estimate of drug-likeness (QED) is 0.745.